The van der Waals surface area contributed by atoms with Gasteiger partial charge >= 0.3 is 0 Å². The average molecular weight is 235 g/mol. The Balaban J connectivity index is 2.72. The zero-order valence-electron chi connectivity index (χ0n) is 9.04. The molecular formula is C12H11ClN2O. The number of aryl methyl sites for hydroxylation is 1. The first kappa shape index (κ1) is 10.9. The lowest BCUT2D eigenvalue weighted by Crippen LogP contribution is -2.11. The molecule has 0 saturated carbocycles. The van der Waals surface area contributed by atoms with E-state index in [4.69, 9.17) is 11.6 Å². The highest BCUT2D eigenvalue weighted by atomic mass is 35.5. The van der Waals surface area contributed by atoms with E-state index in [-0.39, 0.29) is 10.7 Å². The van der Waals surface area contributed by atoms with Crippen LogP contribution in [0.15, 0.2) is 29.1 Å². The molecule has 0 saturated heterocycles. The molecule has 1 aromatic heterocycles. The normalized spacial score (nSPS) is 10.4. The summed E-state index contributed by atoms with van der Waals surface area (Å²) in [5.74, 6) is 0. The van der Waals surface area contributed by atoms with E-state index in [2.05, 4.69) is 10.2 Å². The Kier molecular flexibility index (Phi) is 2.79. The minimum absolute atomic E-state index is 0.224. The maximum atomic E-state index is 11.7. The van der Waals surface area contributed by atoms with Crippen LogP contribution in [0.1, 0.15) is 11.1 Å². The van der Waals surface area contributed by atoms with Crippen molar-refractivity contribution in [3.05, 3.63) is 50.9 Å². The Labute approximate surface area is 98.1 Å². The van der Waals surface area contributed by atoms with Crippen LogP contribution in [-0.2, 0) is 0 Å². The van der Waals surface area contributed by atoms with E-state index >= 15 is 0 Å². The van der Waals surface area contributed by atoms with Gasteiger partial charge in [-0.1, -0.05) is 29.8 Å². The summed E-state index contributed by atoms with van der Waals surface area (Å²) >= 11 is 5.78. The van der Waals surface area contributed by atoms with Crippen molar-refractivity contribution >= 4 is 11.6 Å². The first-order valence-electron chi connectivity index (χ1n) is 4.91. The lowest BCUT2D eigenvalue weighted by molar-refractivity contribution is 0.991. The molecule has 1 N–H and O–H groups in total. The summed E-state index contributed by atoms with van der Waals surface area (Å²) in [6.45, 7) is 3.99. The molecule has 1 heterocycles. The Morgan fingerprint density at radius 3 is 2.75 bits per heavy atom. The van der Waals surface area contributed by atoms with E-state index < -0.39 is 0 Å². The Hall–Kier alpha value is -1.61. The van der Waals surface area contributed by atoms with Crippen molar-refractivity contribution in [1.82, 2.24) is 10.2 Å². The third-order valence-corrected chi connectivity index (χ3v) is 2.86. The van der Waals surface area contributed by atoms with Gasteiger partial charge in [0.2, 0.25) is 0 Å². The highest BCUT2D eigenvalue weighted by molar-refractivity contribution is 6.29. The van der Waals surface area contributed by atoms with Gasteiger partial charge in [0.1, 0.15) is 5.15 Å². The molecule has 16 heavy (non-hydrogen) atoms. The van der Waals surface area contributed by atoms with Gasteiger partial charge in [-0.25, -0.2) is 5.10 Å². The third-order valence-electron chi connectivity index (χ3n) is 2.67. The summed E-state index contributed by atoms with van der Waals surface area (Å²) in [4.78, 5) is 11.7. The van der Waals surface area contributed by atoms with Crippen LogP contribution < -0.4 is 5.56 Å². The highest BCUT2D eigenvalue weighted by Gasteiger charge is 2.08. The summed E-state index contributed by atoms with van der Waals surface area (Å²) in [5, 5.41) is 6.31. The second-order valence-corrected chi connectivity index (χ2v) is 4.07. The van der Waals surface area contributed by atoms with Gasteiger partial charge in [-0.05, 0) is 36.6 Å². The predicted molar refractivity (Wildman–Crippen MR) is 64.8 cm³/mol. The van der Waals surface area contributed by atoms with Crippen LogP contribution in [0.4, 0.5) is 0 Å². The molecule has 2 aromatic rings. The summed E-state index contributed by atoms with van der Waals surface area (Å²) in [6.07, 6.45) is 0. The first-order chi connectivity index (χ1) is 7.59. The van der Waals surface area contributed by atoms with Gasteiger partial charge in [-0.3, -0.25) is 4.79 Å². The fourth-order valence-corrected chi connectivity index (χ4v) is 1.78. The zero-order chi connectivity index (χ0) is 11.7. The van der Waals surface area contributed by atoms with E-state index in [1.54, 1.807) is 6.07 Å². The van der Waals surface area contributed by atoms with E-state index in [9.17, 15) is 4.79 Å². The first-order valence-corrected chi connectivity index (χ1v) is 5.29. The zero-order valence-corrected chi connectivity index (χ0v) is 9.80. The number of nitrogens with one attached hydrogen (secondary N) is 1. The molecule has 0 unspecified atom stereocenters. The minimum atomic E-state index is -0.224. The molecule has 0 aliphatic rings. The molecule has 82 valence electrons. The molecule has 1 aromatic carbocycles. The summed E-state index contributed by atoms with van der Waals surface area (Å²) in [7, 11) is 0. The Morgan fingerprint density at radius 1 is 1.25 bits per heavy atom. The number of aromatic nitrogens is 2. The van der Waals surface area contributed by atoms with Crippen LogP contribution in [0.3, 0.4) is 0 Å². The molecular weight excluding hydrogens is 224 g/mol. The lowest BCUT2D eigenvalue weighted by atomic mass is 9.98. The maximum absolute atomic E-state index is 11.7. The Morgan fingerprint density at radius 2 is 2.00 bits per heavy atom. The summed E-state index contributed by atoms with van der Waals surface area (Å²) in [6, 6.07) is 7.42. The van der Waals surface area contributed by atoms with Gasteiger partial charge in [0.05, 0.1) is 5.56 Å². The van der Waals surface area contributed by atoms with Crippen LogP contribution in [0, 0.1) is 13.8 Å². The SMILES string of the molecule is Cc1cccc(-c2cc(Cl)n[nH]c2=O)c1C. The third kappa shape index (κ3) is 1.86. The topological polar surface area (TPSA) is 45.8 Å². The van der Waals surface area contributed by atoms with Crippen molar-refractivity contribution in [3.8, 4) is 11.1 Å². The van der Waals surface area contributed by atoms with Gasteiger partial charge < -0.3 is 0 Å². The van der Waals surface area contributed by atoms with E-state index in [1.807, 2.05) is 32.0 Å². The second kappa shape index (κ2) is 4.10. The molecule has 0 bridgehead atoms. The van der Waals surface area contributed by atoms with Crippen LogP contribution in [0.25, 0.3) is 11.1 Å². The number of benzene rings is 1. The molecule has 0 aliphatic carbocycles. The molecule has 0 fully saturated rings. The van der Waals surface area contributed by atoms with Crippen molar-refractivity contribution in [1.29, 1.82) is 0 Å². The molecule has 0 radical (unpaired) electrons. The van der Waals surface area contributed by atoms with Crippen molar-refractivity contribution < 1.29 is 0 Å². The lowest BCUT2D eigenvalue weighted by Gasteiger charge is -2.07. The maximum Gasteiger partial charge on any atom is 0.272 e. The van der Waals surface area contributed by atoms with Crippen LogP contribution >= 0.6 is 11.6 Å². The van der Waals surface area contributed by atoms with Gasteiger partial charge in [0.25, 0.3) is 5.56 Å². The van der Waals surface area contributed by atoms with E-state index in [0.717, 1.165) is 16.7 Å². The fourth-order valence-electron chi connectivity index (χ4n) is 1.62. The second-order valence-electron chi connectivity index (χ2n) is 3.68. The van der Waals surface area contributed by atoms with E-state index in [0.29, 0.717) is 5.56 Å². The number of hydrogen-bond donors (Lipinski definition) is 1. The summed E-state index contributed by atoms with van der Waals surface area (Å²) in [5.41, 5.74) is 3.45. The number of hydrogen-bond acceptors (Lipinski definition) is 2. The molecule has 2 rings (SSSR count). The van der Waals surface area contributed by atoms with Crippen molar-refractivity contribution in [3.63, 3.8) is 0 Å². The van der Waals surface area contributed by atoms with Crippen LogP contribution in [0.5, 0.6) is 0 Å². The quantitative estimate of drug-likeness (QED) is 0.825. The molecule has 3 nitrogen and oxygen atoms in total. The van der Waals surface area contributed by atoms with Crippen molar-refractivity contribution in [2.45, 2.75) is 13.8 Å². The van der Waals surface area contributed by atoms with Crippen molar-refractivity contribution in [2.24, 2.45) is 0 Å². The number of aromatic amines is 1. The minimum Gasteiger partial charge on any atom is -0.267 e. The van der Waals surface area contributed by atoms with Gasteiger partial charge in [-0.2, -0.15) is 5.10 Å². The number of H-pyrrole nitrogens is 1. The molecule has 0 aliphatic heterocycles. The monoisotopic (exact) mass is 234 g/mol. The standard InChI is InChI=1S/C12H11ClN2O/c1-7-4-3-5-9(8(7)2)10-6-11(13)14-15-12(10)16/h3-6H,1-2H3,(H,15,16). The van der Waals surface area contributed by atoms with Gasteiger partial charge in [-0.15, -0.1) is 0 Å². The number of halogens is 1. The molecule has 0 spiro atoms. The molecule has 4 heteroatoms. The fraction of sp³-hybridized carbons (Fsp3) is 0.167. The highest BCUT2D eigenvalue weighted by Crippen LogP contribution is 2.23. The van der Waals surface area contributed by atoms with Gasteiger partial charge in [0.15, 0.2) is 0 Å². The number of rotatable bonds is 1. The van der Waals surface area contributed by atoms with Crippen LogP contribution in [-0.4, -0.2) is 10.2 Å². The predicted octanol–water partition coefficient (Wildman–Crippen LogP) is 2.71. The average Bonchev–Trinajstić information content (AvgIpc) is 2.26. The Bertz CT molecular complexity index is 590. The molecule has 0 atom stereocenters. The van der Waals surface area contributed by atoms with E-state index in [1.165, 1.54) is 0 Å². The largest absolute Gasteiger partial charge is 0.272 e. The number of nitrogens with zero attached hydrogens (tertiary/aromatic N) is 1. The summed E-state index contributed by atoms with van der Waals surface area (Å²) < 4.78 is 0. The van der Waals surface area contributed by atoms with Crippen molar-refractivity contribution in [2.75, 3.05) is 0 Å². The molecule has 0 amide bonds. The van der Waals surface area contributed by atoms with Crippen LogP contribution in [0.2, 0.25) is 5.15 Å². The smallest absolute Gasteiger partial charge is 0.267 e. The van der Waals surface area contributed by atoms with Gasteiger partial charge in [0, 0.05) is 0 Å².